The molecule has 1 atom stereocenters. The van der Waals surface area contributed by atoms with Gasteiger partial charge in [0.2, 0.25) is 0 Å². The van der Waals surface area contributed by atoms with E-state index < -0.39 is 0 Å². The van der Waals surface area contributed by atoms with Crippen LogP contribution in [0.1, 0.15) is 6.92 Å². The van der Waals surface area contributed by atoms with Gasteiger partial charge in [0, 0.05) is 12.2 Å². The van der Waals surface area contributed by atoms with E-state index in [4.69, 9.17) is 0 Å². The number of hydrogen-bond acceptors (Lipinski definition) is 2. The summed E-state index contributed by atoms with van der Waals surface area (Å²) in [6, 6.07) is 19.2. The first kappa shape index (κ1) is 11.8. The van der Waals surface area contributed by atoms with Crippen molar-refractivity contribution < 1.29 is 0 Å². The molecule has 0 amide bonds. The van der Waals surface area contributed by atoms with Crippen LogP contribution in [0, 0.1) is 0 Å². The summed E-state index contributed by atoms with van der Waals surface area (Å²) in [6.07, 6.45) is 0. The Morgan fingerprint density at radius 2 is 1.79 bits per heavy atom. The van der Waals surface area contributed by atoms with Crippen molar-refractivity contribution >= 4 is 17.1 Å². The summed E-state index contributed by atoms with van der Waals surface area (Å²) in [5, 5.41) is 3.55. The molecule has 19 heavy (non-hydrogen) atoms. The summed E-state index contributed by atoms with van der Waals surface area (Å²) in [4.78, 5) is 2.35. The Morgan fingerprint density at radius 1 is 1.11 bits per heavy atom. The number of nitrogens with zero attached hydrogens (tertiary/aromatic N) is 1. The molecule has 0 saturated heterocycles. The fraction of sp³-hybridized carbons (Fsp3) is 0.176. The van der Waals surface area contributed by atoms with E-state index in [-0.39, 0.29) is 6.04 Å². The second kappa shape index (κ2) is 4.81. The number of fused-ring (bicyclic) bond motifs is 1. The van der Waals surface area contributed by atoms with Crippen molar-refractivity contribution in [3.8, 4) is 0 Å². The third kappa shape index (κ3) is 2.22. The predicted octanol–water partition coefficient (Wildman–Crippen LogP) is 4.19. The zero-order valence-electron chi connectivity index (χ0n) is 11.1. The highest BCUT2D eigenvalue weighted by molar-refractivity contribution is 5.79. The third-order valence-electron chi connectivity index (χ3n) is 3.55. The van der Waals surface area contributed by atoms with Crippen LogP contribution in [-0.2, 0) is 0 Å². The average Bonchev–Trinajstić information content (AvgIpc) is 2.47. The van der Waals surface area contributed by atoms with Crippen molar-refractivity contribution in [2.45, 2.75) is 13.0 Å². The zero-order valence-corrected chi connectivity index (χ0v) is 11.1. The van der Waals surface area contributed by atoms with Crippen LogP contribution >= 0.6 is 0 Å². The minimum atomic E-state index is 0.287. The standard InChI is InChI=1S/C17H18N2/c1-13(2)16-12-19(14-8-4-3-5-9-14)17-11-7-6-10-15(17)18-16/h3-11,16,18H,1,12H2,2H3. The van der Waals surface area contributed by atoms with Gasteiger partial charge in [-0.3, -0.25) is 0 Å². The second-order valence-corrected chi connectivity index (χ2v) is 5.01. The first-order valence-electron chi connectivity index (χ1n) is 6.59. The first-order chi connectivity index (χ1) is 9.25. The largest absolute Gasteiger partial charge is 0.375 e. The van der Waals surface area contributed by atoms with Crippen molar-refractivity contribution in [3.63, 3.8) is 0 Å². The average molecular weight is 250 g/mol. The van der Waals surface area contributed by atoms with Gasteiger partial charge in [-0.1, -0.05) is 42.5 Å². The number of para-hydroxylation sites is 3. The molecule has 2 heteroatoms. The van der Waals surface area contributed by atoms with E-state index in [1.54, 1.807) is 0 Å². The maximum atomic E-state index is 4.09. The van der Waals surface area contributed by atoms with Crippen LogP contribution in [0.15, 0.2) is 66.7 Å². The topological polar surface area (TPSA) is 15.3 Å². The highest BCUT2D eigenvalue weighted by Gasteiger charge is 2.24. The number of benzene rings is 2. The molecule has 1 N–H and O–H groups in total. The summed E-state index contributed by atoms with van der Waals surface area (Å²) < 4.78 is 0. The highest BCUT2D eigenvalue weighted by atomic mass is 15.2. The summed E-state index contributed by atoms with van der Waals surface area (Å²) >= 11 is 0. The van der Waals surface area contributed by atoms with Crippen LogP contribution < -0.4 is 10.2 Å². The van der Waals surface area contributed by atoms with Gasteiger partial charge in [-0.15, -0.1) is 0 Å². The van der Waals surface area contributed by atoms with Crippen LogP contribution in [-0.4, -0.2) is 12.6 Å². The quantitative estimate of drug-likeness (QED) is 0.804. The first-order valence-corrected chi connectivity index (χ1v) is 6.59. The van der Waals surface area contributed by atoms with Crippen LogP contribution in [0.25, 0.3) is 0 Å². The molecule has 0 spiro atoms. The molecule has 0 fully saturated rings. The zero-order chi connectivity index (χ0) is 13.2. The molecule has 0 aliphatic carbocycles. The molecule has 2 nitrogen and oxygen atoms in total. The van der Waals surface area contributed by atoms with Crippen molar-refractivity contribution in [2.24, 2.45) is 0 Å². The Morgan fingerprint density at radius 3 is 2.53 bits per heavy atom. The Balaban J connectivity index is 2.06. The van der Waals surface area contributed by atoms with Crippen LogP contribution in [0.2, 0.25) is 0 Å². The van der Waals surface area contributed by atoms with Crippen LogP contribution in [0.3, 0.4) is 0 Å². The fourth-order valence-electron chi connectivity index (χ4n) is 2.48. The summed E-state index contributed by atoms with van der Waals surface area (Å²) in [7, 11) is 0. The highest BCUT2D eigenvalue weighted by Crippen LogP contribution is 2.36. The molecule has 1 heterocycles. The van der Waals surface area contributed by atoms with Gasteiger partial charge in [-0.25, -0.2) is 0 Å². The lowest BCUT2D eigenvalue weighted by molar-refractivity contribution is 0.782. The fourth-order valence-corrected chi connectivity index (χ4v) is 2.48. The van der Waals surface area contributed by atoms with E-state index >= 15 is 0 Å². The van der Waals surface area contributed by atoms with Gasteiger partial charge >= 0.3 is 0 Å². The van der Waals surface area contributed by atoms with Gasteiger partial charge in [0.25, 0.3) is 0 Å². The second-order valence-electron chi connectivity index (χ2n) is 5.01. The molecule has 0 radical (unpaired) electrons. The lowest BCUT2D eigenvalue weighted by atomic mass is 10.0. The number of hydrogen-bond donors (Lipinski definition) is 1. The molecular weight excluding hydrogens is 232 g/mol. The maximum absolute atomic E-state index is 4.09. The molecule has 0 bridgehead atoms. The van der Waals surface area contributed by atoms with Gasteiger partial charge in [-0.05, 0) is 31.2 Å². The number of nitrogens with one attached hydrogen (secondary N) is 1. The molecule has 3 rings (SSSR count). The van der Waals surface area contributed by atoms with E-state index in [1.165, 1.54) is 17.1 Å². The molecule has 2 aromatic carbocycles. The molecule has 1 unspecified atom stereocenters. The monoisotopic (exact) mass is 250 g/mol. The molecular formula is C17H18N2. The van der Waals surface area contributed by atoms with Gasteiger partial charge in [-0.2, -0.15) is 0 Å². The van der Waals surface area contributed by atoms with Gasteiger partial charge in [0.1, 0.15) is 0 Å². The number of anilines is 3. The van der Waals surface area contributed by atoms with Crippen LogP contribution in [0.5, 0.6) is 0 Å². The Bertz CT molecular complexity index is 589. The van der Waals surface area contributed by atoms with Gasteiger partial charge in [0.15, 0.2) is 0 Å². The Kier molecular flexibility index (Phi) is 3.00. The van der Waals surface area contributed by atoms with Gasteiger partial charge < -0.3 is 10.2 Å². The molecule has 96 valence electrons. The maximum Gasteiger partial charge on any atom is 0.0648 e. The van der Waals surface area contributed by atoms with Crippen molar-refractivity contribution in [1.29, 1.82) is 0 Å². The van der Waals surface area contributed by atoms with Crippen LogP contribution in [0.4, 0.5) is 17.1 Å². The lowest BCUT2D eigenvalue weighted by Crippen LogP contribution is -2.39. The smallest absolute Gasteiger partial charge is 0.0648 e. The molecule has 0 aromatic heterocycles. The molecule has 2 aromatic rings. The minimum absolute atomic E-state index is 0.287. The van der Waals surface area contributed by atoms with Crippen molar-refractivity contribution in [1.82, 2.24) is 0 Å². The minimum Gasteiger partial charge on any atom is -0.375 e. The third-order valence-corrected chi connectivity index (χ3v) is 3.55. The van der Waals surface area contributed by atoms with Crippen molar-refractivity contribution in [3.05, 3.63) is 66.7 Å². The Labute approximate surface area is 114 Å². The summed E-state index contributed by atoms with van der Waals surface area (Å²) in [5.74, 6) is 0. The van der Waals surface area contributed by atoms with E-state index in [2.05, 4.69) is 72.3 Å². The normalized spacial score (nSPS) is 17.5. The molecule has 1 aliphatic heterocycles. The lowest BCUT2D eigenvalue weighted by Gasteiger charge is -2.37. The van der Waals surface area contributed by atoms with Crippen molar-refractivity contribution in [2.75, 3.05) is 16.8 Å². The SMILES string of the molecule is C=C(C)C1CN(c2ccccc2)c2ccccc2N1. The predicted molar refractivity (Wildman–Crippen MR) is 82.1 cm³/mol. The van der Waals surface area contributed by atoms with E-state index in [0.717, 1.165) is 12.1 Å². The molecule has 1 aliphatic rings. The van der Waals surface area contributed by atoms with Gasteiger partial charge in [0.05, 0.1) is 17.4 Å². The summed E-state index contributed by atoms with van der Waals surface area (Å²) in [5.41, 5.74) is 4.79. The summed E-state index contributed by atoms with van der Waals surface area (Å²) in [6.45, 7) is 7.08. The van der Waals surface area contributed by atoms with E-state index in [0.29, 0.717) is 0 Å². The molecule has 0 saturated carbocycles. The van der Waals surface area contributed by atoms with E-state index in [1.807, 2.05) is 6.07 Å². The Hall–Kier alpha value is -2.22. The number of rotatable bonds is 2. The van der Waals surface area contributed by atoms with E-state index in [9.17, 15) is 0 Å².